The summed E-state index contributed by atoms with van der Waals surface area (Å²) < 4.78 is 9.64. The molecule has 1 heterocycles. The highest BCUT2D eigenvalue weighted by molar-refractivity contribution is 5.75. The van der Waals surface area contributed by atoms with Crippen molar-refractivity contribution in [2.75, 3.05) is 33.4 Å². The summed E-state index contributed by atoms with van der Waals surface area (Å²) in [5.41, 5.74) is 0. The number of morpholine rings is 1. The molecule has 1 aliphatic rings. The Labute approximate surface area is 94.1 Å². The number of methoxy groups -OCH3 is 1. The van der Waals surface area contributed by atoms with Crippen molar-refractivity contribution in [2.45, 2.75) is 18.9 Å². The Morgan fingerprint density at radius 2 is 2.06 bits per heavy atom. The first-order valence-electron chi connectivity index (χ1n) is 5.26. The highest BCUT2D eigenvalue weighted by atomic mass is 16.5. The molecule has 0 aromatic heterocycles. The standard InChI is InChI=1S/C10H17NO5/c1-15-9(12)3-2-8(10(13)14)11-4-6-16-7-5-11/h8H,2-7H2,1H3,(H,13,14). The van der Waals surface area contributed by atoms with Gasteiger partial charge in [-0.2, -0.15) is 0 Å². The molecule has 1 unspecified atom stereocenters. The first kappa shape index (κ1) is 12.9. The lowest BCUT2D eigenvalue weighted by molar-refractivity contribution is -0.146. The van der Waals surface area contributed by atoms with E-state index < -0.39 is 12.0 Å². The molecule has 0 aromatic rings. The normalized spacial score (nSPS) is 19.1. The van der Waals surface area contributed by atoms with Gasteiger partial charge in [-0.15, -0.1) is 0 Å². The number of carboxylic acid groups (broad SMARTS) is 1. The molecule has 92 valence electrons. The van der Waals surface area contributed by atoms with Gasteiger partial charge in [0, 0.05) is 19.5 Å². The Kier molecular flexibility index (Phi) is 5.21. The lowest BCUT2D eigenvalue weighted by Crippen LogP contribution is -2.47. The zero-order valence-corrected chi connectivity index (χ0v) is 9.35. The minimum atomic E-state index is -0.897. The molecule has 0 aromatic carbocycles. The first-order valence-corrected chi connectivity index (χ1v) is 5.26. The predicted octanol–water partition coefficient (Wildman–Crippen LogP) is -0.275. The third kappa shape index (κ3) is 3.79. The van der Waals surface area contributed by atoms with Gasteiger partial charge in [0.15, 0.2) is 0 Å². The molecule has 16 heavy (non-hydrogen) atoms. The average molecular weight is 231 g/mol. The summed E-state index contributed by atoms with van der Waals surface area (Å²) in [4.78, 5) is 23.9. The minimum Gasteiger partial charge on any atom is -0.480 e. The minimum absolute atomic E-state index is 0.130. The maximum absolute atomic E-state index is 11.1. The van der Waals surface area contributed by atoms with Gasteiger partial charge in [0.25, 0.3) is 0 Å². The van der Waals surface area contributed by atoms with Gasteiger partial charge in [0.1, 0.15) is 6.04 Å². The van der Waals surface area contributed by atoms with E-state index >= 15 is 0 Å². The molecule has 0 spiro atoms. The fourth-order valence-corrected chi connectivity index (χ4v) is 1.71. The molecule has 1 atom stereocenters. The van der Waals surface area contributed by atoms with Crippen LogP contribution in [0.2, 0.25) is 0 Å². The quantitative estimate of drug-likeness (QED) is 0.656. The number of carboxylic acids is 1. The molecule has 1 aliphatic heterocycles. The zero-order valence-electron chi connectivity index (χ0n) is 9.35. The van der Waals surface area contributed by atoms with Crippen molar-refractivity contribution in [1.82, 2.24) is 4.90 Å². The van der Waals surface area contributed by atoms with Crippen molar-refractivity contribution in [3.63, 3.8) is 0 Å². The monoisotopic (exact) mass is 231 g/mol. The van der Waals surface area contributed by atoms with Crippen molar-refractivity contribution in [3.8, 4) is 0 Å². The highest BCUT2D eigenvalue weighted by Crippen LogP contribution is 2.10. The number of esters is 1. The molecule has 0 amide bonds. The van der Waals surface area contributed by atoms with Crippen LogP contribution in [0.5, 0.6) is 0 Å². The maximum atomic E-state index is 11.1. The second kappa shape index (κ2) is 6.44. The summed E-state index contributed by atoms with van der Waals surface area (Å²) >= 11 is 0. The lowest BCUT2D eigenvalue weighted by Gasteiger charge is -2.31. The van der Waals surface area contributed by atoms with Crippen LogP contribution in [0.4, 0.5) is 0 Å². The number of rotatable bonds is 5. The molecule has 0 saturated carbocycles. The van der Waals surface area contributed by atoms with E-state index in [0.717, 1.165) is 0 Å². The molecular weight excluding hydrogens is 214 g/mol. The Hall–Kier alpha value is -1.14. The largest absolute Gasteiger partial charge is 0.480 e. The Bertz CT molecular complexity index is 250. The fraction of sp³-hybridized carbons (Fsp3) is 0.800. The van der Waals surface area contributed by atoms with Crippen molar-refractivity contribution in [1.29, 1.82) is 0 Å². The third-order valence-corrected chi connectivity index (χ3v) is 2.62. The summed E-state index contributed by atoms with van der Waals surface area (Å²) in [6.45, 7) is 2.28. The summed E-state index contributed by atoms with van der Waals surface area (Å²) in [7, 11) is 1.30. The summed E-state index contributed by atoms with van der Waals surface area (Å²) in [6, 6.07) is -0.622. The van der Waals surface area contributed by atoms with Crippen LogP contribution < -0.4 is 0 Å². The second-order valence-electron chi connectivity index (χ2n) is 3.62. The number of carbonyl (C=O) groups is 2. The molecular formula is C10H17NO5. The van der Waals surface area contributed by atoms with Crippen molar-refractivity contribution < 1.29 is 24.2 Å². The number of hydrogen-bond donors (Lipinski definition) is 1. The van der Waals surface area contributed by atoms with E-state index in [1.807, 2.05) is 4.90 Å². The summed E-state index contributed by atoms with van der Waals surface area (Å²) in [5.74, 6) is -1.27. The van der Waals surface area contributed by atoms with Gasteiger partial charge in [-0.3, -0.25) is 14.5 Å². The smallest absolute Gasteiger partial charge is 0.320 e. The molecule has 6 heteroatoms. The van der Waals surface area contributed by atoms with Crippen molar-refractivity contribution >= 4 is 11.9 Å². The van der Waals surface area contributed by atoms with E-state index in [1.54, 1.807) is 0 Å². The molecule has 1 rings (SSSR count). The van der Waals surface area contributed by atoms with E-state index in [2.05, 4.69) is 4.74 Å². The van der Waals surface area contributed by atoms with Gasteiger partial charge in [0.05, 0.1) is 20.3 Å². The molecule has 1 fully saturated rings. The molecule has 1 saturated heterocycles. The van der Waals surface area contributed by atoms with Crippen LogP contribution in [0.3, 0.4) is 0 Å². The third-order valence-electron chi connectivity index (χ3n) is 2.62. The van der Waals surface area contributed by atoms with Crippen molar-refractivity contribution in [2.24, 2.45) is 0 Å². The molecule has 1 N–H and O–H groups in total. The summed E-state index contributed by atoms with van der Waals surface area (Å²) in [5, 5.41) is 9.08. The maximum Gasteiger partial charge on any atom is 0.320 e. The zero-order chi connectivity index (χ0) is 12.0. The Balaban J connectivity index is 2.46. The van der Waals surface area contributed by atoms with Crippen LogP contribution >= 0.6 is 0 Å². The number of nitrogens with zero attached hydrogens (tertiary/aromatic N) is 1. The van der Waals surface area contributed by atoms with E-state index in [9.17, 15) is 9.59 Å². The van der Waals surface area contributed by atoms with Gasteiger partial charge in [-0.1, -0.05) is 0 Å². The second-order valence-corrected chi connectivity index (χ2v) is 3.62. The van der Waals surface area contributed by atoms with E-state index in [0.29, 0.717) is 26.3 Å². The molecule has 6 nitrogen and oxygen atoms in total. The Morgan fingerprint density at radius 1 is 1.44 bits per heavy atom. The highest BCUT2D eigenvalue weighted by Gasteiger charge is 2.27. The number of carbonyl (C=O) groups excluding carboxylic acids is 1. The van der Waals surface area contributed by atoms with E-state index in [4.69, 9.17) is 9.84 Å². The van der Waals surface area contributed by atoms with Crippen LogP contribution in [0.15, 0.2) is 0 Å². The fourth-order valence-electron chi connectivity index (χ4n) is 1.71. The van der Waals surface area contributed by atoms with Gasteiger partial charge < -0.3 is 14.6 Å². The van der Waals surface area contributed by atoms with Crippen molar-refractivity contribution in [3.05, 3.63) is 0 Å². The number of hydrogen-bond acceptors (Lipinski definition) is 5. The number of aliphatic carboxylic acids is 1. The van der Waals surface area contributed by atoms with Gasteiger partial charge in [-0.25, -0.2) is 0 Å². The average Bonchev–Trinajstić information content (AvgIpc) is 2.30. The van der Waals surface area contributed by atoms with E-state index in [-0.39, 0.29) is 18.8 Å². The van der Waals surface area contributed by atoms with Crippen LogP contribution in [-0.2, 0) is 19.1 Å². The summed E-state index contributed by atoms with van der Waals surface area (Å²) in [6.07, 6.45) is 0.410. The molecule has 0 radical (unpaired) electrons. The van der Waals surface area contributed by atoms with E-state index in [1.165, 1.54) is 7.11 Å². The lowest BCUT2D eigenvalue weighted by atomic mass is 10.1. The topological polar surface area (TPSA) is 76.1 Å². The van der Waals surface area contributed by atoms with Gasteiger partial charge in [-0.05, 0) is 6.42 Å². The molecule has 0 bridgehead atoms. The van der Waals surface area contributed by atoms with Crippen LogP contribution in [0, 0.1) is 0 Å². The predicted molar refractivity (Wildman–Crippen MR) is 55.1 cm³/mol. The van der Waals surface area contributed by atoms with Crippen LogP contribution in [0.25, 0.3) is 0 Å². The van der Waals surface area contributed by atoms with Gasteiger partial charge in [0.2, 0.25) is 0 Å². The van der Waals surface area contributed by atoms with Crippen LogP contribution in [0.1, 0.15) is 12.8 Å². The molecule has 0 aliphatic carbocycles. The van der Waals surface area contributed by atoms with Crippen LogP contribution in [-0.4, -0.2) is 61.4 Å². The van der Waals surface area contributed by atoms with Gasteiger partial charge >= 0.3 is 11.9 Å². The number of ether oxygens (including phenoxy) is 2. The Morgan fingerprint density at radius 3 is 2.56 bits per heavy atom. The SMILES string of the molecule is COC(=O)CCC(C(=O)O)N1CCOCC1. The first-order chi connectivity index (χ1) is 7.65.